The van der Waals surface area contributed by atoms with E-state index in [0.717, 1.165) is 25.1 Å². The monoisotopic (exact) mass is 272 g/mol. The maximum Gasteiger partial charge on any atom is 0.150 e. The van der Waals surface area contributed by atoms with Crippen LogP contribution in [-0.2, 0) is 16.4 Å². The summed E-state index contributed by atoms with van der Waals surface area (Å²) >= 11 is 0. The molecule has 2 rings (SSSR count). The van der Waals surface area contributed by atoms with Crippen molar-refractivity contribution in [2.75, 3.05) is 18.6 Å². The van der Waals surface area contributed by atoms with Gasteiger partial charge < -0.3 is 5.32 Å². The van der Waals surface area contributed by atoms with Crippen LogP contribution in [0.5, 0.6) is 0 Å². The quantitative estimate of drug-likeness (QED) is 0.838. The summed E-state index contributed by atoms with van der Waals surface area (Å²) in [5, 5.41) is 11.2. The molecule has 1 aromatic heterocycles. The zero-order valence-electron chi connectivity index (χ0n) is 10.8. The van der Waals surface area contributed by atoms with E-state index in [2.05, 4.69) is 15.6 Å². The lowest BCUT2D eigenvalue weighted by Crippen LogP contribution is -2.23. The molecule has 0 aromatic carbocycles. The fraction of sp³-hybridized carbons (Fsp3) is 0.818. The Bertz CT molecular complexity index is 497. The van der Waals surface area contributed by atoms with Gasteiger partial charge in [0.15, 0.2) is 9.84 Å². The first kappa shape index (κ1) is 13.5. The van der Waals surface area contributed by atoms with Crippen molar-refractivity contribution in [1.82, 2.24) is 20.3 Å². The van der Waals surface area contributed by atoms with Gasteiger partial charge in [0, 0.05) is 6.54 Å². The molecule has 1 fully saturated rings. The van der Waals surface area contributed by atoms with Crippen LogP contribution in [0, 0.1) is 5.92 Å². The Kier molecular flexibility index (Phi) is 4.01. The Labute approximate surface area is 108 Å². The summed E-state index contributed by atoms with van der Waals surface area (Å²) in [7, 11) is -0.910. The molecule has 1 aromatic rings. The molecule has 2 heterocycles. The van der Waals surface area contributed by atoms with Gasteiger partial charge in [-0.05, 0) is 32.7 Å². The van der Waals surface area contributed by atoms with E-state index in [9.17, 15) is 8.42 Å². The third-order valence-electron chi connectivity index (χ3n) is 3.55. The topological polar surface area (TPSA) is 76.9 Å². The Morgan fingerprint density at radius 2 is 2.39 bits per heavy atom. The predicted octanol–water partition coefficient (Wildman–Crippen LogP) is 0.383. The first-order valence-corrected chi connectivity index (χ1v) is 8.14. The second-order valence-electron chi connectivity index (χ2n) is 4.82. The number of hydrogen-bond acceptors (Lipinski definition) is 5. The van der Waals surface area contributed by atoms with Gasteiger partial charge in [0.2, 0.25) is 0 Å². The normalized spacial score (nSPS) is 24.2. The maximum atomic E-state index is 11.5. The summed E-state index contributed by atoms with van der Waals surface area (Å²) in [5.41, 5.74) is 1.03. The highest BCUT2D eigenvalue weighted by Gasteiger charge is 2.30. The fourth-order valence-corrected chi connectivity index (χ4v) is 4.44. The molecule has 1 aliphatic rings. The number of nitrogens with one attached hydrogen (secondary N) is 1. The molecule has 1 aliphatic heterocycles. The van der Waals surface area contributed by atoms with Gasteiger partial charge in [0.1, 0.15) is 0 Å². The van der Waals surface area contributed by atoms with E-state index < -0.39 is 9.84 Å². The first-order valence-electron chi connectivity index (χ1n) is 6.31. The minimum absolute atomic E-state index is 0.123. The fourth-order valence-electron chi connectivity index (χ4n) is 2.56. The molecule has 1 N–H and O–H groups in total. The number of aryl methyl sites for hydroxylation is 1. The molecule has 0 amide bonds. The van der Waals surface area contributed by atoms with E-state index in [1.54, 1.807) is 6.20 Å². The van der Waals surface area contributed by atoms with Gasteiger partial charge in [-0.15, -0.1) is 5.10 Å². The van der Waals surface area contributed by atoms with Crippen LogP contribution in [0.3, 0.4) is 0 Å². The summed E-state index contributed by atoms with van der Waals surface area (Å²) in [6.45, 7) is 2.79. The summed E-state index contributed by atoms with van der Waals surface area (Å²) in [6, 6.07) is 0.123. The largest absolute Gasteiger partial charge is 0.312 e. The molecular formula is C11H20N4O2S. The Balaban J connectivity index is 2.06. The minimum atomic E-state index is -2.80. The lowest BCUT2D eigenvalue weighted by atomic mass is 9.97. The highest BCUT2D eigenvalue weighted by Crippen LogP contribution is 2.28. The Morgan fingerprint density at radius 3 is 2.94 bits per heavy atom. The van der Waals surface area contributed by atoms with E-state index in [1.165, 1.54) is 0 Å². The average Bonchev–Trinajstić information content (AvgIpc) is 2.92. The summed E-state index contributed by atoms with van der Waals surface area (Å²) in [6.07, 6.45) is 3.35. The molecule has 0 aliphatic carbocycles. The van der Waals surface area contributed by atoms with Crippen molar-refractivity contribution in [3.05, 3.63) is 11.9 Å². The number of rotatable bonds is 5. The highest BCUT2D eigenvalue weighted by atomic mass is 32.2. The minimum Gasteiger partial charge on any atom is -0.312 e. The van der Waals surface area contributed by atoms with E-state index in [1.807, 2.05) is 18.7 Å². The molecule has 1 saturated heterocycles. The number of nitrogens with zero attached hydrogens (tertiary/aromatic N) is 3. The predicted molar refractivity (Wildman–Crippen MR) is 68.9 cm³/mol. The van der Waals surface area contributed by atoms with Crippen molar-refractivity contribution < 1.29 is 8.42 Å². The van der Waals surface area contributed by atoms with Crippen LogP contribution in [-0.4, -0.2) is 42.0 Å². The summed E-state index contributed by atoms with van der Waals surface area (Å²) < 4.78 is 24.8. The lowest BCUT2D eigenvalue weighted by molar-refractivity contribution is 0.411. The third-order valence-corrected chi connectivity index (χ3v) is 5.39. The first-order chi connectivity index (χ1) is 8.55. The van der Waals surface area contributed by atoms with E-state index in [4.69, 9.17) is 0 Å². The van der Waals surface area contributed by atoms with Crippen molar-refractivity contribution in [1.29, 1.82) is 0 Å². The van der Waals surface area contributed by atoms with Crippen LogP contribution in [0.4, 0.5) is 0 Å². The van der Waals surface area contributed by atoms with Gasteiger partial charge in [-0.25, -0.2) is 13.1 Å². The van der Waals surface area contributed by atoms with Crippen LogP contribution < -0.4 is 5.32 Å². The molecule has 0 radical (unpaired) electrons. The molecule has 0 spiro atoms. The molecule has 0 bridgehead atoms. The van der Waals surface area contributed by atoms with Crippen LogP contribution in [0.15, 0.2) is 6.20 Å². The molecule has 102 valence electrons. The van der Waals surface area contributed by atoms with Crippen molar-refractivity contribution in [3.63, 3.8) is 0 Å². The van der Waals surface area contributed by atoms with Gasteiger partial charge in [-0.1, -0.05) is 5.21 Å². The van der Waals surface area contributed by atoms with E-state index >= 15 is 0 Å². The van der Waals surface area contributed by atoms with Crippen LogP contribution >= 0.6 is 0 Å². The van der Waals surface area contributed by atoms with Gasteiger partial charge in [0.05, 0.1) is 29.4 Å². The van der Waals surface area contributed by atoms with Gasteiger partial charge in [-0.3, -0.25) is 0 Å². The molecular weight excluding hydrogens is 252 g/mol. The molecule has 2 unspecified atom stereocenters. The van der Waals surface area contributed by atoms with Gasteiger partial charge >= 0.3 is 0 Å². The molecule has 0 saturated carbocycles. The number of sulfone groups is 1. The van der Waals surface area contributed by atoms with Crippen molar-refractivity contribution in [2.24, 2.45) is 5.92 Å². The zero-order valence-corrected chi connectivity index (χ0v) is 11.7. The van der Waals surface area contributed by atoms with Gasteiger partial charge in [0.25, 0.3) is 0 Å². The van der Waals surface area contributed by atoms with E-state index in [0.29, 0.717) is 11.5 Å². The molecule has 6 nitrogen and oxygen atoms in total. The summed E-state index contributed by atoms with van der Waals surface area (Å²) in [5.74, 6) is 0.894. The van der Waals surface area contributed by atoms with E-state index in [-0.39, 0.29) is 12.0 Å². The highest BCUT2D eigenvalue weighted by molar-refractivity contribution is 7.91. The Hall–Kier alpha value is -0.950. The number of hydrogen-bond donors (Lipinski definition) is 1. The second kappa shape index (κ2) is 5.36. The Morgan fingerprint density at radius 1 is 1.61 bits per heavy atom. The lowest BCUT2D eigenvalue weighted by Gasteiger charge is -2.19. The molecule has 7 heteroatoms. The van der Waals surface area contributed by atoms with Crippen molar-refractivity contribution >= 4 is 9.84 Å². The average molecular weight is 272 g/mol. The second-order valence-corrected chi connectivity index (χ2v) is 7.05. The van der Waals surface area contributed by atoms with Crippen molar-refractivity contribution in [2.45, 2.75) is 32.4 Å². The van der Waals surface area contributed by atoms with Crippen LogP contribution in [0.1, 0.15) is 31.5 Å². The third kappa shape index (κ3) is 2.89. The SMILES string of the molecule is CCn1nncc1C(CC1CCS(=O)(=O)C1)NC. The maximum absolute atomic E-state index is 11.5. The van der Waals surface area contributed by atoms with Crippen LogP contribution in [0.25, 0.3) is 0 Å². The van der Waals surface area contributed by atoms with Gasteiger partial charge in [-0.2, -0.15) is 0 Å². The number of aromatic nitrogens is 3. The molecule has 2 atom stereocenters. The molecule has 18 heavy (non-hydrogen) atoms. The van der Waals surface area contributed by atoms with Crippen molar-refractivity contribution in [3.8, 4) is 0 Å². The zero-order chi connectivity index (χ0) is 13.2. The summed E-state index contributed by atoms with van der Waals surface area (Å²) in [4.78, 5) is 0. The smallest absolute Gasteiger partial charge is 0.150 e. The standard InChI is InChI=1S/C11H20N4O2S/c1-3-15-11(7-13-14-15)10(12-2)6-9-4-5-18(16,17)8-9/h7,9-10,12H,3-6,8H2,1-2H3. The van der Waals surface area contributed by atoms with Crippen LogP contribution in [0.2, 0.25) is 0 Å².